The number of hydrogen-bond donors (Lipinski definition) is 3. The monoisotopic (exact) mass is 343 g/mol. The van der Waals surface area contributed by atoms with Crippen LogP contribution in [0.4, 0.5) is 0 Å². The highest BCUT2D eigenvalue weighted by Gasteiger charge is 2.29. The van der Waals surface area contributed by atoms with Gasteiger partial charge in [-0.1, -0.05) is 18.2 Å². The number of nitrogens with one attached hydrogen (secondary N) is 2. The van der Waals surface area contributed by atoms with Crippen molar-refractivity contribution in [2.45, 2.75) is 32.2 Å². The number of carboxylic acids is 1. The predicted molar refractivity (Wildman–Crippen MR) is 96.4 cm³/mol. The molecule has 25 heavy (non-hydrogen) atoms. The fourth-order valence-corrected chi connectivity index (χ4v) is 3.51. The van der Waals surface area contributed by atoms with E-state index in [1.165, 1.54) is 10.9 Å². The van der Waals surface area contributed by atoms with Gasteiger partial charge in [-0.25, -0.2) is 0 Å². The van der Waals surface area contributed by atoms with Gasteiger partial charge in [-0.15, -0.1) is 0 Å². The van der Waals surface area contributed by atoms with Crippen molar-refractivity contribution in [1.82, 2.24) is 15.2 Å². The van der Waals surface area contributed by atoms with Gasteiger partial charge in [0.15, 0.2) is 0 Å². The molecule has 0 saturated carbocycles. The summed E-state index contributed by atoms with van der Waals surface area (Å²) in [5.74, 6) is -0.988. The maximum atomic E-state index is 12.4. The maximum Gasteiger partial charge on any atom is 0.306 e. The number of fused-ring (bicyclic) bond motifs is 1. The van der Waals surface area contributed by atoms with Crippen LogP contribution in [0, 0.1) is 5.92 Å². The van der Waals surface area contributed by atoms with Crippen LogP contribution in [0.2, 0.25) is 0 Å². The molecule has 134 valence electrons. The van der Waals surface area contributed by atoms with Crippen molar-refractivity contribution < 1.29 is 14.7 Å². The Bertz CT molecular complexity index is 747. The minimum Gasteiger partial charge on any atom is -0.481 e. The second kappa shape index (κ2) is 7.70. The zero-order valence-corrected chi connectivity index (χ0v) is 14.5. The summed E-state index contributed by atoms with van der Waals surface area (Å²) in [6, 6.07) is 7.91. The number of likely N-dealkylation sites (tertiary alicyclic amines) is 1. The van der Waals surface area contributed by atoms with Gasteiger partial charge >= 0.3 is 5.97 Å². The molecule has 1 aliphatic rings. The van der Waals surface area contributed by atoms with Crippen LogP contribution in [0.15, 0.2) is 30.5 Å². The topological polar surface area (TPSA) is 85.4 Å². The SMILES string of the molecule is CC(C(=O)NCCc1c[nH]c2ccccc12)N1CCC(C(=O)O)CC1. The number of piperidine rings is 1. The highest BCUT2D eigenvalue weighted by molar-refractivity contribution is 5.83. The second-order valence-corrected chi connectivity index (χ2v) is 6.72. The number of carboxylic acid groups (broad SMARTS) is 1. The molecule has 0 radical (unpaired) electrons. The van der Waals surface area contributed by atoms with Crippen molar-refractivity contribution in [2.24, 2.45) is 5.92 Å². The van der Waals surface area contributed by atoms with E-state index >= 15 is 0 Å². The summed E-state index contributed by atoms with van der Waals surface area (Å²) in [6.45, 7) is 3.81. The van der Waals surface area contributed by atoms with Crippen LogP contribution < -0.4 is 5.32 Å². The van der Waals surface area contributed by atoms with Crippen LogP contribution in [0.5, 0.6) is 0 Å². The lowest BCUT2D eigenvalue weighted by Crippen LogP contribution is -2.49. The summed E-state index contributed by atoms with van der Waals surface area (Å²) in [5.41, 5.74) is 2.31. The number of rotatable bonds is 6. The average molecular weight is 343 g/mol. The van der Waals surface area contributed by atoms with Gasteiger partial charge in [-0.3, -0.25) is 14.5 Å². The number of hydrogen-bond acceptors (Lipinski definition) is 3. The van der Waals surface area contributed by atoms with Gasteiger partial charge in [-0.05, 0) is 50.9 Å². The molecule has 0 spiro atoms. The number of aromatic amines is 1. The van der Waals surface area contributed by atoms with E-state index in [4.69, 9.17) is 5.11 Å². The van der Waals surface area contributed by atoms with Crippen molar-refractivity contribution in [3.8, 4) is 0 Å². The maximum absolute atomic E-state index is 12.4. The largest absolute Gasteiger partial charge is 0.481 e. The summed E-state index contributed by atoms with van der Waals surface area (Å²) < 4.78 is 0. The number of aliphatic carboxylic acids is 1. The van der Waals surface area contributed by atoms with Crippen LogP contribution in [0.1, 0.15) is 25.3 Å². The molecule has 1 aromatic carbocycles. The van der Waals surface area contributed by atoms with Gasteiger partial charge in [0.05, 0.1) is 12.0 Å². The molecule has 1 atom stereocenters. The Balaban J connectivity index is 1.47. The first-order chi connectivity index (χ1) is 12.1. The average Bonchev–Trinajstić information content (AvgIpc) is 3.04. The molecule has 1 amide bonds. The lowest BCUT2D eigenvalue weighted by atomic mass is 9.96. The summed E-state index contributed by atoms with van der Waals surface area (Å²) in [7, 11) is 0. The fraction of sp³-hybridized carbons (Fsp3) is 0.474. The quantitative estimate of drug-likeness (QED) is 0.749. The van der Waals surface area contributed by atoms with Crippen LogP contribution in [0.25, 0.3) is 10.9 Å². The molecule has 2 heterocycles. The van der Waals surface area contributed by atoms with Crippen LogP contribution in [0.3, 0.4) is 0 Å². The number of carbonyl (C=O) groups is 2. The molecule has 3 rings (SSSR count). The fourth-order valence-electron chi connectivity index (χ4n) is 3.51. The molecule has 1 aromatic heterocycles. The summed E-state index contributed by atoms with van der Waals surface area (Å²) >= 11 is 0. The summed E-state index contributed by atoms with van der Waals surface area (Å²) in [6.07, 6.45) is 4.01. The predicted octanol–water partition coefficient (Wildman–Crippen LogP) is 2.01. The zero-order chi connectivity index (χ0) is 17.8. The molecule has 1 fully saturated rings. The normalized spacial score (nSPS) is 17.5. The third kappa shape index (κ3) is 4.02. The number of carbonyl (C=O) groups excluding carboxylic acids is 1. The Labute approximate surface area is 147 Å². The number of para-hydroxylation sites is 1. The van der Waals surface area contributed by atoms with E-state index in [-0.39, 0.29) is 17.9 Å². The van der Waals surface area contributed by atoms with E-state index in [1.807, 2.05) is 31.3 Å². The number of H-pyrrole nitrogens is 1. The molecule has 0 aliphatic carbocycles. The van der Waals surface area contributed by atoms with Gasteiger partial charge in [0.25, 0.3) is 0 Å². The number of benzene rings is 1. The third-order valence-electron chi connectivity index (χ3n) is 5.17. The molecule has 0 bridgehead atoms. The molecule has 1 unspecified atom stereocenters. The van der Waals surface area contributed by atoms with E-state index in [9.17, 15) is 9.59 Å². The van der Waals surface area contributed by atoms with Gasteiger partial charge in [0.2, 0.25) is 5.91 Å². The van der Waals surface area contributed by atoms with E-state index in [2.05, 4.69) is 21.3 Å². The molecule has 2 aromatic rings. The number of nitrogens with zero attached hydrogens (tertiary/aromatic N) is 1. The van der Waals surface area contributed by atoms with Crippen LogP contribution in [-0.2, 0) is 16.0 Å². The van der Waals surface area contributed by atoms with Crippen molar-refractivity contribution in [3.05, 3.63) is 36.0 Å². The van der Waals surface area contributed by atoms with Crippen molar-refractivity contribution in [2.75, 3.05) is 19.6 Å². The van der Waals surface area contributed by atoms with Gasteiger partial charge in [0.1, 0.15) is 0 Å². The lowest BCUT2D eigenvalue weighted by molar-refractivity contribution is -0.143. The Morgan fingerprint density at radius 2 is 2.04 bits per heavy atom. The van der Waals surface area contributed by atoms with E-state index < -0.39 is 5.97 Å². The first-order valence-electron chi connectivity index (χ1n) is 8.86. The molecule has 6 heteroatoms. The van der Waals surface area contributed by atoms with Gasteiger partial charge in [-0.2, -0.15) is 0 Å². The van der Waals surface area contributed by atoms with Gasteiger partial charge < -0.3 is 15.4 Å². The third-order valence-corrected chi connectivity index (χ3v) is 5.17. The Morgan fingerprint density at radius 3 is 2.76 bits per heavy atom. The number of aromatic nitrogens is 1. The molecule has 3 N–H and O–H groups in total. The van der Waals surface area contributed by atoms with Crippen molar-refractivity contribution in [3.63, 3.8) is 0 Å². The second-order valence-electron chi connectivity index (χ2n) is 6.72. The highest BCUT2D eigenvalue weighted by atomic mass is 16.4. The van der Waals surface area contributed by atoms with E-state index in [0.29, 0.717) is 32.5 Å². The Hall–Kier alpha value is -2.34. The summed E-state index contributed by atoms with van der Waals surface area (Å²) in [5, 5.41) is 13.3. The highest BCUT2D eigenvalue weighted by Crippen LogP contribution is 2.20. The smallest absolute Gasteiger partial charge is 0.306 e. The van der Waals surface area contributed by atoms with Crippen molar-refractivity contribution in [1.29, 1.82) is 0 Å². The van der Waals surface area contributed by atoms with Crippen LogP contribution >= 0.6 is 0 Å². The van der Waals surface area contributed by atoms with Gasteiger partial charge in [0, 0.05) is 23.6 Å². The standard InChI is InChI=1S/C19H25N3O3/c1-13(22-10-7-14(8-11-22)19(24)25)18(23)20-9-6-15-12-21-17-5-3-2-4-16(15)17/h2-5,12-14,21H,6-11H2,1H3,(H,20,23)(H,24,25). The number of amides is 1. The zero-order valence-electron chi connectivity index (χ0n) is 14.5. The lowest BCUT2D eigenvalue weighted by Gasteiger charge is -2.33. The molecular formula is C19H25N3O3. The Morgan fingerprint density at radius 1 is 1.32 bits per heavy atom. The molecule has 6 nitrogen and oxygen atoms in total. The van der Waals surface area contributed by atoms with E-state index in [0.717, 1.165) is 11.9 Å². The summed E-state index contributed by atoms with van der Waals surface area (Å²) in [4.78, 5) is 28.7. The minimum absolute atomic E-state index is 0.00798. The minimum atomic E-state index is -0.726. The molecule has 1 saturated heterocycles. The van der Waals surface area contributed by atoms with Crippen molar-refractivity contribution >= 4 is 22.8 Å². The first kappa shape index (κ1) is 17.5. The van der Waals surface area contributed by atoms with E-state index in [1.54, 1.807) is 0 Å². The molecule has 1 aliphatic heterocycles. The molecular weight excluding hydrogens is 318 g/mol. The first-order valence-corrected chi connectivity index (χ1v) is 8.86. The van der Waals surface area contributed by atoms with Crippen LogP contribution in [-0.4, -0.2) is 52.5 Å². The Kier molecular flexibility index (Phi) is 5.38.